The van der Waals surface area contributed by atoms with Gasteiger partial charge >= 0.3 is 0 Å². The molecule has 1 aliphatic heterocycles. The first kappa shape index (κ1) is 18.4. The number of carbonyl (C=O) groups excluding carboxylic acids is 2. The number of nitrogens with one attached hydrogen (secondary N) is 2. The summed E-state index contributed by atoms with van der Waals surface area (Å²) in [5, 5.41) is 5.64. The molecule has 24 heavy (non-hydrogen) atoms. The van der Waals surface area contributed by atoms with Crippen molar-refractivity contribution in [3.63, 3.8) is 0 Å². The normalized spacial score (nSPS) is 15.0. The van der Waals surface area contributed by atoms with E-state index in [-0.39, 0.29) is 11.8 Å². The van der Waals surface area contributed by atoms with Gasteiger partial charge in [0.1, 0.15) is 0 Å². The fourth-order valence-electron chi connectivity index (χ4n) is 2.40. The molecule has 1 heterocycles. The summed E-state index contributed by atoms with van der Waals surface area (Å²) in [4.78, 5) is 26.2. The summed E-state index contributed by atoms with van der Waals surface area (Å²) in [7, 11) is 1.58. The average Bonchev–Trinajstić information content (AvgIpc) is 2.63. The van der Waals surface area contributed by atoms with E-state index in [1.807, 2.05) is 0 Å². The smallest absolute Gasteiger partial charge is 0.251 e. The van der Waals surface area contributed by atoms with Crippen molar-refractivity contribution in [1.29, 1.82) is 0 Å². The lowest BCUT2D eigenvalue weighted by atomic mass is 10.1. The van der Waals surface area contributed by atoms with Gasteiger partial charge in [-0.3, -0.25) is 14.5 Å². The van der Waals surface area contributed by atoms with Crippen LogP contribution >= 0.6 is 0 Å². The van der Waals surface area contributed by atoms with Gasteiger partial charge in [-0.15, -0.1) is 0 Å². The van der Waals surface area contributed by atoms with Crippen LogP contribution in [-0.2, 0) is 9.47 Å². The highest BCUT2D eigenvalue weighted by Crippen LogP contribution is 2.04. The van der Waals surface area contributed by atoms with Crippen LogP contribution in [0.1, 0.15) is 20.7 Å². The maximum Gasteiger partial charge on any atom is 0.251 e. The summed E-state index contributed by atoms with van der Waals surface area (Å²) in [5.41, 5.74) is 1.07. The summed E-state index contributed by atoms with van der Waals surface area (Å²) in [6.45, 7) is 5.65. The zero-order valence-electron chi connectivity index (χ0n) is 14.0. The predicted octanol–water partition coefficient (Wildman–Crippen LogP) is 0.125. The van der Waals surface area contributed by atoms with E-state index in [4.69, 9.17) is 9.47 Å². The van der Waals surface area contributed by atoms with Crippen LogP contribution in [0.15, 0.2) is 24.3 Å². The Morgan fingerprint density at radius 3 is 2.12 bits per heavy atom. The highest BCUT2D eigenvalue weighted by atomic mass is 16.5. The van der Waals surface area contributed by atoms with E-state index < -0.39 is 0 Å². The van der Waals surface area contributed by atoms with Gasteiger partial charge in [0.2, 0.25) is 0 Å². The third kappa shape index (κ3) is 5.92. The lowest BCUT2D eigenvalue weighted by Crippen LogP contribution is -2.41. The van der Waals surface area contributed by atoms with Gasteiger partial charge in [0.15, 0.2) is 0 Å². The van der Waals surface area contributed by atoms with Crippen LogP contribution in [0.2, 0.25) is 0 Å². The van der Waals surface area contributed by atoms with Crippen molar-refractivity contribution >= 4 is 11.8 Å². The second-order valence-corrected chi connectivity index (χ2v) is 5.54. The van der Waals surface area contributed by atoms with Crippen LogP contribution in [0.4, 0.5) is 0 Å². The monoisotopic (exact) mass is 335 g/mol. The Morgan fingerprint density at radius 1 is 1.04 bits per heavy atom. The van der Waals surface area contributed by atoms with Gasteiger partial charge in [-0.25, -0.2) is 0 Å². The minimum atomic E-state index is -0.175. The Bertz CT molecular complexity index is 527. The molecular weight excluding hydrogens is 310 g/mol. The fourth-order valence-corrected chi connectivity index (χ4v) is 2.40. The van der Waals surface area contributed by atoms with E-state index in [9.17, 15) is 9.59 Å². The number of hydrogen-bond acceptors (Lipinski definition) is 5. The van der Waals surface area contributed by atoms with E-state index in [1.54, 1.807) is 31.4 Å². The minimum absolute atomic E-state index is 0.130. The first-order chi connectivity index (χ1) is 11.7. The molecule has 7 heteroatoms. The van der Waals surface area contributed by atoms with Crippen molar-refractivity contribution < 1.29 is 19.1 Å². The van der Waals surface area contributed by atoms with Gasteiger partial charge in [-0.1, -0.05) is 0 Å². The number of benzene rings is 1. The first-order valence-electron chi connectivity index (χ1n) is 8.16. The minimum Gasteiger partial charge on any atom is -0.383 e. The summed E-state index contributed by atoms with van der Waals surface area (Å²) in [5.74, 6) is -0.305. The van der Waals surface area contributed by atoms with Crippen LogP contribution in [0.3, 0.4) is 0 Å². The van der Waals surface area contributed by atoms with Crippen molar-refractivity contribution in [1.82, 2.24) is 15.5 Å². The first-order valence-corrected chi connectivity index (χ1v) is 8.16. The van der Waals surface area contributed by atoms with Crippen molar-refractivity contribution in [3.8, 4) is 0 Å². The molecule has 0 atom stereocenters. The molecule has 2 amide bonds. The summed E-state index contributed by atoms with van der Waals surface area (Å²) >= 11 is 0. The van der Waals surface area contributed by atoms with Crippen LogP contribution in [0.25, 0.3) is 0 Å². The Hall–Kier alpha value is -1.96. The molecular formula is C17H25N3O4. The van der Waals surface area contributed by atoms with Crippen LogP contribution in [0, 0.1) is 0 Å². The maximum atomic E-state index is 12.1. The molecule has 1 fully saturated rings. The van der Waals surface area contributed by atoms with Gasteiger partial charge in [-0.05, 0) is 24.3 Å². The van der Waals surface area contributed by atoms with Gasteiger partial charge in [-0.2, -0.15) is 0 Å². The molecule has 0 aliphatic carbocycles. The van der Waals surface area contributed by atoms with E-state index in [0.29, 0.717) is 30.8 Å². The van der Waals surface area contributed by atoms with Gasteiger partial charge < -0.3 is 20.1 Å². The molecule has 2 N–H and O–H groups in total. The Kier molecular flexibility index (Phi) is 7.67. The SMILES string of the molecule is COCCNC(=O)c1ccc(C(=O)NCCN2CCOCC2)cc1. The summed E-state index contributed by atoms with van der Waals surface area (Å²) < 4.78 is 10.2. The molecule has 0 spiro atoms. The molecule has 1 saturated heterocycles. The standard InChI is InChI=1S/C17H25N3O4/c1-23-11-7-19-17(22)15-4-2-14(3-5-15)16(21)18-6-8-20-9-12-24-13-10-20/h2-5H,6-13H2,1H3,(H,18,21)(H,19,22). The van der Waals surface area contributed by atoms with Crippen molar-refractivity contribution in [2.24, 2.45) is 0 Å². The molecule has 0 unspecified atom stereocenters. The largest absolute Gasteiger partial charge is 0.383 e. The van der Waals surface area contributed by atoms with E-state index in [2.05, 4.69) is 15.5 Å². The van der Waals surface area contributed by atoms with Gasteiger partial charge in [0, 0.05) is 51.0 Å². The zero-order chi connectivity index (χ0) is 17.2. The Labute approximate surface area is 142 Å². The molecule has 0 aromatic heterocycles. The third-order valence-corrected chi connectivity index (χ3v) is 3.82. The topological polar surface area (TPSA) is 79.9 Å². The Balaban J connectivity index is 1.74. The lowest BCUT2D eigenvalue weighted by molar-refractivity contribution is 0.0383. The molecule has 132 valence electrons. The molecule has 1 aromatic rings. The molecule has 0 bridgehead atoms. The van der Waals surface area contributed by atoms with Crippen LogP contribution < -0.4 is 10.6 Å². The highest BCUT2D eigenvalue weighted by molar-refractivity contribution is 5.97. The summed E-state index contributed by atoms with van der Waals surface area (Å²) in [6, 6.07) is 6.63. The second kappa shape index (κ2) is 10.0. The predicted molar refractivity (Wildman–Crippen MR) is 90.2 cm³/mol. The van der Waals surface area contributed by atoms with E-state index >= 15 is 0 Å². The van der Waals surface area contributed by atoms with Crippen LogP contribution in [-0.4, -0.2) is 76.4 Å². The molecule has 2 rings (SSSR count). The maximum absolute atomic E-state index is 12.1. The number of carbonyl (C=O) groups is 2. The van der Waals surface area contributed by atoms with Crippen LogP contribution in [0.5, 0.6) is 0 Å². The number of ether oxygens (including phenoxy) is 2. The number of amides is 2. The molecule has 7 nitrogen and oxygen atoms in total. The zero-order valence-corrected chi connectivity index (χ0v) is 14.0. The number of rotatable bonds is 8. The molecule has 0 radical (unpaired) electrons. The van der Waals surface area contributed by atoms with E-state index in [1.165, 1.54) is 0 Å². The number of hydrogen-bond donors (Lipinski definition) is 2. The van der Waals surface area contributed by atoms with Crippen molar-refractivity contribution in [2.75, 3.05) is 59.7 Å². The number of nitrogens with zero attached hydrogens (tertiary/aromatic N) is 1. The fraction of sp³-hybridized carbons (Fsp3) is 0.529. The number of methoxy groups -OCH3 is 1. The highest BCUT2D eigenvalue weighted by Gasteiger charge is 2.11. The average molecular weight is 335 g/mol. The molecule has 1 aromatic carbocycles. The van der Waals surface area contributed by atoms with Gasteiger partial charge in [0.05, 0.1) is 19.8 Å². The Morgan fingerprint density at radius 2 is 1.58 bits per heavy atom. The van der Waals surface area contributed by atoms with Gasteiger partial charge in [0.25, 0.3) is 11.8 Å². The van der Waals surface area contributed by atoms with Crippen molar-refractivity contribution in [2.45, 2.75) is 0 Å². The molecule has 0 saturated carbocycles. The van der Waals surface area contributed by atoms with E-state index in [0.717, 1.165) is 32.8 Å². The second-order valence-electron chi connectivity index (χ2n) is 5.54. The third-order valence-electron chi connectivity index (χ3n) is 3.82. The number of morpholine rings is 1. The molecule has 1 aliphatic rings. The quantitative estimate of drug-likeness (QED) is 0.660. The lowest BCUT2D eigenvalue weighted by Gasteiger charge is -2.26. The summed E-state index contributed by atoms with van der Waals surface area (Å²) in [6.07, 6.45) is 0. The van der Waals surface area contributed by atoms with Crippen molar-refractivity contribution in [3.05, 3.63) is 35.4 Å².